The van der Waals surface area contributed by atoms with E-state index in [9.17, 15) is 9.59 Å². The topological polar surface area (TPSA) is 43.4 Å². The van der Waals surface area contributed by atoms with Gasteiger partial charge in [0, 0.05) is 16.3 Å². The second-order valence-electron chi connectivity index (χ2n) is 11.3. The second-order valence-corrected chi connectivity index (χ2v) is 12.1. The zero-order valence-electron chi connectivity index (χ0n) is 19.1. The monoisotopic (exact) mass is 486 g/mol. The van der Waals surface area contributed by atoms with E-state index in [0.29, 0.717) is 34.5 Å². The maximum absolute atomic E-state index is 12.9. The summed E-state index contributed by atoms with van der Waals surface area (Å²) in [6.45, 7) is 6.78. The molecule has 4 fully saturated rings. The predicted octanol–water partition coefficient (Wildman–Crippen LogP) is 6.89. The number of fused-ring (bicyclic) bond motifs is 5. The molecule has 0 N–H and O–H groups in total. The van der Waals surface area contributed by atoms with Crippen LogP contribution in [0.5, 0.6) is 0 Å². The maximum atomic E-state index is 12.9. The number of rotatable bonds is 2. The van der Waals surface area contributed by atoms with Gasteiger partial charge in [-0.05, 0) is 115 Å². The van der Waals surface area contributed by atoms with Gasteiger partial charge in [0.15, 0.2) is 0 Å². The minimum Gasteiger partial charge on any atom is -0.459 e. The Kier molecular flexibility index (Phi) is 5.39. The lowest BCUT2D eigenvalue weighted by Crippen LogP contribution is -2.54. The lowest BCUT2D eigenvalue weighted by molar-refractivity contribution is -0.142. The molecule has 5 rings (SSSR count). The van der Waals surface area contributed by atoms with Gasteiger partial charge in [0.2, 0.25) is 0 Å². The van der Waals surface area contributed by atoms with Crippen LogP contribution >= 0.6 is 15.9 Å². The molecule has 1 aromatic carbocycles. The molecule has 4 saturated carbocycles. The Bertz CT molecular complexity index is 910. The quantitative estimate of drug-likeness (QED) is 0.427. The van der Waals surface area contributed by atoms with Gasteiger partial charge in [0.25, 0.3) is 0 Å². The molecule has 0 aliphatic heterocycles. The number of benzene rings is 1. The molecule has 7 atom stereocenters. The van der Waals surface area contributed by atoms with E-state index in [-0.39, 0.29) is 17.5 Å². The molecule has 1 unspecified atom stereocenters. The smallest absolute Gasteiger partial charge is 0.339 e. The van der Waals surface area contributed by atoms with Crippen LogP contribution in [0.2, 0.25) is 0 Å². The standard InChI is InChI=1S/C27H35BrO3/c1-16-5-4-6-20(24(16)28)25(30)31-18-11-13-26(2)17(15-18)7-8-19-21-9-10-23(29)27(21,3)14-12-22(19)26/h4-6,17-19,21-22H,7-15H2,1-3H3/t17?,18-,19-,21-,22-,26-,27-/m0/s1. The van der Waals surface area contributed by atoms with Crippen molar-refractivity contribution >= 4 is 27.7 Å². The summed E-state index contributed by atoms with van der Waals surface area (Å²) in [5.41, 5.74) is 1.98. The fourth-order valence-corrected chi connectivity index (χ4v) is 8.54. The summed E-state index contributed by atoms with van der Waals surface area (Å²) in [5, 5.41) is 0. The first-order chi connectivity index (χ1) is 14.7. The third-order valence-corrected chi connectivity index (χ3v) is 11.1. The van der Waals surface area contributed by atoms with Crippen molar-refractivity contribution in [3.63, 3.8) is 0 Å². The fourth-order valence-electron chi connectivity index (χ4n) is 8.12. The Balaban J connectivity index is 1.29. The van der Waals surface area contributed by atoms with E-state index in [1.54, 1.807) is 0 Å². The average Bonchev–Trinajstić information content (AvgIpc) is 3.05. The molecular weight excluding hydrogens is 452 g/mol. The average molecular weight is 487 g/mol. The van der Waals surface area contributed by atoms with Crippen LogP contribution in [-0.4, -0.2) is 17.9 Å². The largest absolute Gasteiger partial charge is 0.459 e. The molecular formula is C27H35BrO3. The SMILES string of the molecule is Cc1cccc(C(=O)O[C@H]2CC[C@@]3(C)C(CC[C@@H]4[C@@H]3CC[C@]3(C)C(=O)CC[C@@H]43)C2)c1Br. The zero-order chi connectivity index (χ0) is 22.0. The summed E-state index contributed by atoms with van der Waals surface area (Å²) >= 11 is 3.55. The van der Waals surface area contributed by atoms with Crippen LogP contribution in [0.15, 0.2) is 22.7 Å². The highest BCUT2D eigenvalue weighted by Crippen LogP contribution is 2.65. The van der Waals surface area contributed by atoms with Crippen molar-refractivity contribution in [3.8, 4) is 0 Å². The van der Waals surface area contributed by atoms with Gasteiger partial charge in [-0.25, -0.2) is 4.79 Å². The van der Waals surface area contributed by atoms with E-state index in [0.717, 1.165) is 54.5 Å². The van der Waals surface area contributed by atoms with Gasteiger partial charge in [0.1, 0.15) is 11.9 Å². The van der Waals surface area contributed by atoms with E-state index in [2.05, 4.69) is 29.8 Å². The van der Waals surface area contributed by atoms with Gasteiger partial charge in [-0.15, -0.1) is 0 Å². The van der Waals surface area contributed by atoms with Gasteiger partial charge >= 0.3 is 5.97 Å². The Hall–Kier alpha value is -1.16. The normalized spacial score (nSPS) is 41.8. The van der Waals surface area contributed by atoms with Crippen LogP contribution in [0.4, 0.5) is 0 Å². The lowest BCUT2D eigenvalue weighted by atomic mass is 9.45. The van der Waals surface area contributed by atoms with Crippen molar-refractivity contribution in [2.24, 2.45) is 34.5 Å². The van der Waals surface area contributed by atoms with E-state index in [1.165, 1.54) is 19.3 Å². The molecule has 4 aliphatic rings. The van der Waals surface area contributed by atoms with Crippen molar-refractivity contribution in [2.45, 2.75) is 84.7 Å². The van der Waals surface area contributed by atoms with E-state index < -0.39 is 0 Å². The first kappa shape index (κ1) is 21.7. The summed E-state index contributed by atoms with van der Waals surface area (Å²) in [6.07, 6.45) is 9.81. The Morgan fingerprint density at radius 2 is 1.87 bits per heavy atom. The molecule has 0 radical (unpaired) electrons. The molecule has 0 aromatic heterocycles. The van der Waals surface area contributed by atoms with E-state index in [1.807, 2.05) is 25.1 Å². The Morgan fingerprint density at radius 1 is 1.06 bits per heavy atom. The highest BCUT2D eigenvalue weighted by atomic mass is 79.9. The first-order valence-corrected chi connectivity index (χ1v) is 13.0. The highest BCUT2D eigenvalue weighted by Gasteiger charge is 2.60. The third-order valence-electron chi connectivity index (χ3n) is 10.0. The molecule has 0 bridgehead atoms. The first-order valence-electron chi connectivity index (χ1n) is 12.2. The second kappa shape index (κ2) is 7.71. The van der Waals surface area contributed by atoms with Crippen LogP contribution in [-0.2, 0) is 9.53 Å². The number of aryl methyl sites for hydroxylation is 1. The predicted molar refractivity (Wildman–Crippen MR) is 125 cm³/mol. The minimum absolute atomic E-state index is 0.0245. The Morgan fingerprint density at radius 3 is 2.68 bits per heavy atom. The summed E-state index contributed by atoms with van der Waals surface area (Å²) in [7, 11) is 0. The molecule has 0 spiro atoms. The molecule has 3 nitrogen and oxygen atoms in total. The Labute approximate surface area is 194 Å². The van der Waals surface area contributed by atoms with E-state index >= 15 is 0 Å². The van der Waals surface area contributed by atoms with Crippen LogP contribution in [0, 0.1) is 41.4 Å². The zero-order valence-corrected chi connectivity index (χ0v) is 20.7. The molecule has 0 amide bonds. The van der Waals surface area contributed by atoms with Crippen LogP contribution in [0.3, 0.4) is 0 Å². The number of Topliss-reactive ketones (excluding diaryl/α,β-unsaturated/α-hetero) is 1. The molecule has 1 aromatic rings. The maximum Gasteiger partial charge on any atom is 0.339 e. The van der Waals surface area contributed by atoms with Crippen molar-refractivity contribution in [2.75, 3.05) is 0 Å². The molecule has 31 heavy (non-hydrogen) atoms. The number of carbonyl (C=O) groups excluding carboxylic acids is 2. The van der Waals surface area contributed by atoms with Crippen molar-refractivity contribution in [1.82, 2.24) is 0 Å². The van der Waals surface area contributed by atoms with E-state index in [4.69, 9.17) is 4.74 Å². The number of hydrogen-bond donors (Lipinski definition) is 0. The molecule has 4 aliphatic carbocycles. The summed E-state index contributed by atoms with van der Waals surface area (Å²) in [6, 6.07) is 5.76. The number of hydrogen-bond acceptors (Lipinski definition) is 3. The number of ketones is 1. The lowest BCUT2D eigenvalue weighted by Gasteiger charge is -2.60. The van der Waals surface area contributed by atoms with Gasteiger partial charge in [-0.3, -0.25) is 4.79 Å². The molecule has 0 heterocycles. The highest BCUT2D eigenvalue weighted by molar-refractivity contribution is 9.10. The summed E-state index contributed by atoms with van der Waals surface area (Å²) in [5.74, 6) is 3.01. The van der Waals surface area contributed by atoms with Gasteiger partial charge < -0.3 is 4.74 Å². The van der Waals surface area contributed by atoms with Gasteiger partial charge in [0.05, 0.1) is 5.56 Å². The fraction of sp³-hybridized carbons (Fsp3) is 0.704. The van der Waals surface area contributed by atoms with Crippen molar-refractivity contribution in [3.05, 3.63) is 33.8 Å². The number of carbonyl (C=O) groups is 2. The minimum atomic E-state index is -0.198. The summed E-state index contributed by atoms with van der Waals surface area (Å²) in [4.78, 5) is 25.5. The van der Waals surface area contributed by atoms with Crippen LogP contribution < -0.4 is 0 Å². The molecule has 0 saturated heterocycles. The number of ether oxygens (including phenoxy) is 1. The van der Waals surface area contributed by atoms with Gasteiger partial charge in [-0.1, -0.05) is 26.0 Å². The molecule has 168 valence electrons. The van der Waals surface area contributed by atoms with Crippen molar-refractivity contribution in [1.29, 1.82) is 0 Å². The van der Waals surface area contributed by atoms with Crippen LogP contribution in [0.1, 0.15) is 87.6 Å². The van der Waals surface area contributed by atoms with Gasteiger partial charge in [-0.2, -0.15) is 0 Å². The summed E-state index contributed by atoms with van der Waals surface area (Å²) < 4.78 is 6.87. The number of esters is 1. The number of halogens is 1. The van der Waals surface area contributed by atoms with Crippen molar-refractivity contribution < 1.29 is 14.3 Å². The molecule has 4 heteroatoms. The van der Waals surface area contributed by atoms with Crippen LogP contribution in [0.25, 0.3) is 0 Å². The third kappa shape index (κ3) is 3.34.